The van der Waals surface area contributed by atoms with Crippen LogP contribution >= 0.6 is 0 Å². The number of hydrogen-bond donors (Lipinski definition) is 2. The molecule has 1 aromatic rings. The molecule has 1 aliphatic heterocycles. The summed E-state index contributed by atoms with van der Waals surface area (Å²) in [6.45, 7) is 2.36. The number of hydrogen-bond acceptors (Lipinski definition) is 3. The predicted octanol–water partition coefficient (Wildman–Crippen LogP) is 2.98. The van der Waals surface area contributed by atoms with Crippen LogP contribution in [0.15, 0.2) is 18.3 Å². The highest BCUT2D eigenvalue weighted by atomic mass is 15.0. The number of piperidine rings is 1. The largest absolute Gasteiger partial charge is 0.367 e. The third-order valence-corrected chi connectivity index (χ3v) is 4.46. The summed E-state index contributed by atoms with van der Waals surface area (Å²) in [7, 11) is 0. The summed E-state index contributed by atoms with van der Waals surface area (Å²) < 4.78 is 0. The second-order valence-corrected chi connectivity index (χ2v) is 6.09. The number of anilines is 1. The fourth-order valence-electron chi connectivity index (χ4n) is 3.34. The van der Waals surface area contributed by atoms with Gasteiger partial charge in [0.15, 0.2) is 0 Å². The van der Waals surface area contributed by atoms with Gasteiger partial charge in [-0.25, -0.2) is 4.98 Å². The summed E-state index contributed by atoms with van der Waals surface area (Å²) in [5.74, 6) is 1.85. The maximum atomic E-state index is 4.58. The first kappa shape index (κ1) is 12.9. The Kier molecular flexibility index (Phi) is 4.34. The van der Waals surface area contributed by atoms with E-state index in [9.17, 15) is 0 Å². The summed E-state index contributed by atoms with van der Waals surface area (Å²) >= 11 is 0. The minimum Gasteiger partial charge on any atom is -0.367 e. The zero-order chi connectivity index (χ0) is 12.9. The van der Waals surface area contributed by atoms with Crippen LogP contribution in [0.4, 0.5) is 5.82 Å². The van der Waals surface area contributed by atoms with Gasteiger partial charge in [0.2, 0.25) is 0 Å². The molecule has 0 bridgehead atoms. The summed E-state index contributed by atoms with van der Waals surface area (Å²) in [6, 6.07) is 5.06. The van der Waals surface area contributed by atoms with Crippen molar-refractivity contribution in [1.29, 1.82) is 0 Å². The molecular formula is C16H25N3. The molecule has 2 heterocycles. The van der Waals surface area contributed by atoms with Crippen molar-refractivity contribution in [3.63, 3.8) is 0 Å². The Balaban J connectivity index is 1.52. The molecule has 0 amide bonds. The van der Waals surface area contributed by atoms with Crippen LogP contribution in [0.1, 0.15) is 44.1 Å². The van der Waals surface area contributed by atoms with Crippen molar-refractivity contribution < 1.29 is 0 Å². The quantitative estimate of drug-likeness (QED) is 0.873. The highest BCUT2D eigenvalue weighted by molar-refractivity contribution is 5.37. The third kappa shape index (κ3) is 3.69. The van der Waals surface area contributed by atoms with Gasteiger partial charge in [0.1, 0.15) is 5.82 Å². The Bertz CT molecular complexity index is 375. The van der Waals surface area contributed by atoms with Gasteiger partial charge in [-0.1, -0.05) is 18.9 Å². The number of nitrogens with one attached hydrogen (secondary N) is 2. The van der Waals surface area contributed by atoms with E-state index < -0.39 is 0 Å². The average molecular weight is 259 g/mol. The lowest BCUT2D eigenvalue weighted by molar-refractivity contribution is 0.376. The Labute approximate surface area is 116 Å². The van der Waals surface area contributed by atoms with E-state index in [1.807, 2.05) is 0 Å². The number of aromatic nitrogens is 1. The zero-order valence-corrected chi connectivity index (χ0v) is 11.7. The van der Waals surface area contributed by atoms with E-state index in [0.717, 1.165) is 11.7 Å². The molecule has 1 saturated carbocycles. The zero-order valence-electron chi connectivity index (χ0n) is 11.7. The lowest BCUT2D eigenvalue weighted by Gasteiger charge is -2.22. The Morgan fingerprint density at radius 2 is 2.05 bits per heavy atom. The first-order valence-electron chi connectivity index (χ1n) is 7.82. The third-order valence-electron chi connectivity index (χ3n) is 4.46. The first-order chi connectivity index (χ1) is 9.40. The van der Waals surface area contributed by atoms with Gasteiger partial charge in [0, 0.05) is 12.2 Å². The maximum Gasteiger partial charge on any atom is 0.126 e. The molecule has 3 rings (SSSR count). The van der Waals surface area contributed by atoms with Gasteiger partial charge in [-0.3, -0.25) is 0 Å². The molecule has 1 atom stereocenters. The molecular weight excluding hydrogens is 234 g/mol. The van der Waals surface area contributed by atoms with Gasteiger partial charge in [-0.05, 0) is 62.7 Å². The highest BCUT2D eigenvalue weighted by Crippen LogP contribution is 2.22. The van der Waals surface area contributed by atoms with Gasteiger partial charge in [0.05, 0.1) is 0 Å². The smallest absolute Gasteiger partial charge is 0.126 e. The molecule has 0 spiro atoms. The Hall–Kier alpha value is -1.09. The monoisotopic (exact) mass is 259 g/mol. The van der Waals surface area contributed by atoms with Crippen LogP contribution < -0.4 is 10.6 Å². The molecule has 1 saturated heterocycles. The van der Waals surface area contributed by atoms with Gasteiger partial charge >= 0.3 is 0 Å². The van der Waals surface area contributed by atoms with Gasteiger partial charge < -0.3 is 10.6 Å². The molecule has 1 unspecified atom stereocenters. The number of pyridine rings is 1. The van der Waals surface area contributed by atoms with Gasteiger partial charge in [-0.15, -0.1) is 0 Å². The van der Waals surface area contributed by atoms with Crippen molar-refractivity contribution in [2.75, 3.05) is 18.4 Å². The summed E-state index contributed by atoms with van der Waals surface area (Å²) in [5, 5.41) is 7.03. The highest BCUT2D eigenvalue weighted by Gasteiger charge is 2.16. The van der Waals surface area contributed by atoms with Crippen LogP contribution in [-0.2, 0) is 6.42 Å². The minimum atomic E-state index is 0.654. The van der Waals surface area contributed by atoms with Crippen LogP contribution in [0.25, 0.3) is 0 Å². The summed E-state index contributed by atoms with van der Waals surface area (Å²) in [4.78, 5) is 4.58. The van der Waals surface area contributed by atoms with Gasteiger partial charge in [-0.2, -0.15) is 0 Å². The molecule has 0 radical (unpaired) electrons. The van der Waals surface area contributed by atoms with Crippen LogP contribution in [0.3, 0.4) is 0 Å². The maximum absolute atomic E-state index is 4.58. The predicted molar refractivity (Wildman–Crippen MR) is 79.4 cm³/mol. The van der Waals surface area contributed by atoms with E-state index in [0.29, 0.717) is 6.04 Å². The van der Waals surface area contributed by atoms with E-state index in [1.54, 1.807) is 0 Å². The summed E-state index contributed by atoms with van der Waals surface area (Å²) in [6.07, 6.45) is 11.2. The van der Waals surface area contributed by atoms with Crippen molar-refractivity contribution in [3.8, 4) is 0 Å². The van der Waals surface area contributed by atoms with E-state index in [2.05, 4.69) is 33.9 Å². The van der Waals surface area contributed by atoms with Crippen LogP contribution in [-0.4, -0.2) is 24.1 Å². The van der Waals surface area contributed by atoms with E-state index in [4.69, 9.17) is 0 Å². The SMILES string of the molecule is c1cc(NC2CCCC2)ncc1CC1CCCNC1. The second kappa shape index (κ2) is 6.38. The van der Waals surface area contributed by atoms with Crippen LogP contribution in [0.5, 0.6) is 0 Å². The van der Waals surface area contributed by atoms with Crippen molar-refractivity contribution in [2.45, 2.75) is 51.0 Å². The van der Waals surface area contributed by atoms with Crippen molar-refractivity contribution in [2.24, 2.45) is 5.92 Å². The van der Waals surface area contributed by atoms with Gasteiger partial charge in [0.25, 0.3) is 0 Å². The normalized spacial score (nSPS) is 24.5. The molecule has 3 heteroatoms. The fraction of sp³-hybridized carbons (Fsp3) is 0.688. The van der Waals surface area contributed by atoms with Crippen LogP contribution in [0, 0.1) is 5.92 Å². The molecule has 1 aliphatic carbocycles. The molecule has 2 fully saturated rings. The van der Waals surface area contributed by atoms with Crippen molar-refractivity contribution >= 4 is 5.82 Å². The fourth-order valence-corrected chi connectivity index (χ4v) is 3.34. The van der Waals surface area contributed by atoms with Crippen molar-refractivity contribution in [3.05, 3.63) is 23.9 Å². The Morgan fingerprint density at radius 3 is 2.74 bits per heavy atom. The molecule has 2 N–H and O–H groups in total. The molecule has 2 aliphatic rings. The molecule has 3 nitrogen and oxygen atoms in total. The van der Waals surface area contributed by atoms with E-state index in [1.165, 1.54) is 63.6 Å². The van der Waals surface area contributed by atoms with E-state index >= 15 is 0 Å². The topological polar surface area (TPSA) is 37.0 Å². The number of rotatable bonds is 4. The molecule has 1 aromatic heterocycles. The lowest BCUT2D eigenvalue weighted by Crippen LogP contribution is -2.30. The lowest BCUT2D eigenvalue weighted by atomic mass is 9.93. The standard InChI is InChI=1S/C16H25N3/c1-2-6-15(5-1)19-16-8-7-14(12-18-16)10-13-4-3-9-17-11-13/h7-8,12-13,15,17H,1-6,9-11H2,(H,18,19). The Morgan fingerprint density at radius 1 is 1.16 bits per heavy atom. The number of nitrogens with zero attached hydrogens (tertiary/aromatic N) is 1. The van der Waals surface area contributed by atoms with E-state index in [-0.39, 0.29) is 0 Å². The van der Waals surface area contributed by atoms with Crippen molar-refractivity contribution in [1.82, 2.24) is 10.3 Å². The van der Waals surface area contributed by atoms with Crippen LogP contribution in [0.2, 0.25) is 0 Å². The first-order valence-corrected chi connectivity index (χ1v) is 7.82. The summed E-state index contributed by atoms with van der Waals surface area (Å²) in [5.41, 5.74) is 1.38. The molecule has 104 valence electrons. The minimum absolute atomic E-state index is 0.654. The molecule has 19 heavy (non-hydrogen) atoms. The molecule has 0 aromatic carbocycles. The second-order valence-electron chi connectivity index (χ2n) is 6.09. The average Bonchev–Trinajstić information content (AvgIpc) is 2.95.